The number of pyridine rings is 1. The monoisotopic (exact) mass is 382 g/mol. The van der Waals surface area contributed by atoms with Gasteiger partial charge in [-0.3, -0.25) is 15.1 Å². The number of nitrogens with zero attached hydrogens (tertiary/aromatic N) is 4. The second kappa shape index (κ2) is 9.16. The van der Waals surface area contributed by atoms with Gasteiger partial charge < -0.3 is 15.5 Å². The molecule has 0 unspecified atom stereocenters. The lowest BCUT2D eigenvalue weighted by Gasteiger charge is -2.33. The molecule has 0 spiro atoms. The Hall–Kier alpha value is -3.16. The number of nitro groups is 1. The maximum Gasteiger partial charge on any atom is 0.269 e. The molecule has 28 heavy (non-hydrogen) atoms. The van der Waals surface area contributed by atoms with Crippen LogP contribution in [-0.2, 0) is 6.54 Å². The number of piperidine rings is 1. The third-order valence-corrected chi connectivity index (χ3v) is 4.86. The van der Waals surface area contributed by atoms with E-state index < -0.39 is 0 Å². The van der Waals surface area contributed by atoms with Gasteiger partial charge in [-0.2, -0.15) is 0 Å². The zero-order valence-electron chi connectivity index (χ0n) is 16.3. The van der Waals surface area contributed by atoms with Crippen LogP contribution < -0.4 is 15.5 Å². The highest BCUT2D eigenvalue weighted by Gasteiger charge is 2.20. The molecule has 8 nitrogen and oxygen atoms in total. The lowest BCUT2D eigenvalue weighted by Crippen LogP contribution is -2.48. The molecule has 1 aliphatic rings. The second-order valence-electron chi connectivity index (χ2n) is 6.95. The third-order valence-electron chi connectivity index (χ3n) is 4.86. The van der Waals surface area contributed by atoms with E-state index in [0.29, 0.717) is 18.5 Å². The van der Waals surface area contributed by atoms with Crippen molar-refractivity contribution in [2.45, 2.75) is 32.4 Å². The summed E-state index contributed by atoms with van der Waals surface area (Å²) in [5.41, 5.74) is 2.11. The van der Waals surface area contributed by atoms with Crippen LogP contribution in [0.15, 0.2) is 47.6 Å². The predicted octanol–water partition coefficient (Wildman–Crippen LogP) is 2.63. The van der Waals surface area contributed by atoms with Crippen LogP contribution in [-0.4, -0.2) is 42.0 Å². The van der Waals surface area contributed by atoms with Gasteiger partial charge in [0.2, 0.25) is 0 Å². The van der Waals surface area contributed by atoms with Crippen LogP contribution in [0.2, 0.25) is 0 Å². The fraction of sp³-hybridized carbons (Fsp3) is 0.400. The average molecular weight is 382 g/mol. The molecule has 8 heteroatoms. The molecule has 1 aliphatic heterocycles. The van der Waals surface area contributed by atoms with Gasteiger partial charge in [-0.05, 0) is 37.0 Å². The van der Waals surface area contributed by atoms with Crippen molar-refractivity contribution in [1.82, 2.24) is 15.6 Å². The zero-order chi connectivity index (χ0) is 19.9. The molecule has 1 saturated heterocycles. The highest BCUT2D eigenvalue weighted by molar-refractivity contribution is 5.80. The number of hydrogen-bond acceptors (Lipinski definition) is 5. The molecule has 0 aliphatic carbocycles. The molecule has 0 atom stereocenters. The van der Waals surface area contributed by atoms with Crippen molar-refractivity contribution in [2.75, 3.05) is 25.0 Å². The topological polar surface area (TPSA) is 95.7 Å². The summed E-state index contributed by atoms with van der Waals surface area (Å²) >= 11 is 0. The van der Waals surface area contributed by atoms with Crippen LogP contribution in [0.5, 0.6) is 0 Å². The van der Waals surface area contributed by atoms with Crippen molar-refractivity contribution in [3.63, 3.8) is 0 Å². The summed E-state index contributed by atoms with van der Waals surface area (Å²) in [5.74, 6) is 1.73. The minimum atomic E-state index is -0.382. The molecule has 1 fully saturated rings. The van der Waals surface area contributed by atoms with Crippen LogP contribution in [0, 0.1) is 17.0 Å². The van der Waals surface area contributed by atoms with Gasteiger partial charge in [-0.25, -0.2) is 4.98 Å². The number of aryl methyl sites for hydroxylation is 1. The van der Waals surface area contributed by atoms with E-state index in [2.05, 4.69) is 37.6 Å². The van der Waals surface area contributed by atoms with E-state index in [1.807, 2.05) is 19.2 Å². The Kier molecular flexibility index (Phi) is 6.41. The Balaban J connectivity index is 1.48. The molecule has 148 valence electrons. The van der Waals surface area contributed by atoms with Crippen molar-refractivity contribution < 1.29 is 4.92 Å². The van der Waals surface area contributed by atoms with Gasteiger partial charge in [-0.1, -0.05) is 18.2 Å². The zero-order valence-corrected chi connectivity index (χ0v) is 16.3. The van der Waals surface area contributed by atoms with Gasteiger partial charge in [0.05, 0.1) is 4.92 Å². The smallest absolute Gasteiger partial charge is 0.269 e. The van der Waals surface area contributed by atoms with E-state index in [4.69, 9.17) is 0 Å². The number of hydrogen-bond donors (Lipinski definition) is 2. The lowest BCUT2D eigenvalue weighted by molar-refractivity contribution is -0.384. The van der Waals surface area contributed by atoms with E-state index in [1.165, 1.54) is 11.6 Å². The first kappa shape index (κ1) is 19.6. The number of nitro benzene ring substituents is 1. The SMILES string of the molecule is CN=C(NCc1cccc([N+](=O)[O-])c1)NC1CCN(c2ccc(C)cn2)CC1. The van der Waals surface area contributed by atoms with Crippen molar-refractivity contribution in [3.8, 4) is 0 Å². The van der Waals surface area contributed by atoms with Gasteiger partial charge in [0.1, 0.15) is 5.82 Å². The van der Waals surface area contributed by atoms with E-state index in [0.717, 1.165) is 37.3 Å². The largest absolute Gasteiger partial charge is 0.356 e. The summed E-state index contributed by atoms with van der Waals surface area (Å²) < 4.78 is 0. The van der Waals surface area contributed by atoms with Crippen LogP contribution in [0.25, 0.3) is 0 Å². The number of nitrogens with one attached hydrogen (secondary N) is 2. The van der Waals surface area contributed by atoms with Gasteiger partial charge in [-0.15, -0.1) is 0 Å². The molecule has 1 aromatic carbocycles. The van der Waals surface area contributed by atoms with Crippen LogP contribution >= 0.6 is 0 Å². The number of aromatic nitrogens is 1. The third kappa shape index (κ3) is 5.18. The Labute approximate surface area is 164 Å². The highest BCUT2D eigenvalue weighted by atomic mass is 16.6. The summed E-state index contributed by atoms with van der Waals surface area (Å²) in [6, 6.07) is 11.1. The van der Waals surface area contributed by atoms with Crippen LogP contribution in [0.3, 0.4) is 0 Å². The van der Waals surface area contributed by atoms with Crippen LogP contribution in [0.4, 0.5) is 11.5 Å². The van der Waals surface area contributed by atoms with Gasteiger partial charge >= 0.3 is 0 Å². The molecular formula is C20H26N6O2. The molecule has 0 amide bonds. The van der Waals surface area contributed by atoms with Crippen LogP contribution in [0.1, 0.15) is 24.0 Å². The van der Waals surface area contributed by atoms with E-state index >= 15 is 0 Å². The lowest BCUT2D eigenvalue weighted by atomic mass is 10.1. The van der Waals surface area contributed by atoms with E-state index in [9.17, 15) is 10.1 Å². The Morgan fingerprint density at radius 2 is 2.11 bits per heavy atom. The second-order valence-corrected chi connectivity index (χ2v) is 6.95. The molecule has 0 bridgehead atoms. The molecule has 2 heterocycles. The summed E-state index contributed by atoms with van der Waals surface area (Å²) in [6.07, 6.45) is 3.89. The minimum Gasteiger partial charge on any atom is -0.356 e. The number of aliphatic imine (C=N–C) groups is 1. The number of benzene rings is 1. The number of guanidine groups is 1. The molecule has 1 aromatic heterocycles. The standard InChI is InChI=1S/C20H26N6O2/c1-15-6-7-19(22-13-15)25-10-8-17(9-11-25)24-20(21-2)23-14-16-4-3-5-18(12-16)26(27)28/h3-7,12-13,17H,8-11,14H2,1-2H3,(H2,21,23,24). The number of anilines is 1. The van der Waals surface area contributed by atoms with Crippen molar-refractivity contribution in [1.29, 1.82) is 0 Å². The van der Waals surface area contributed by atoms with Gasteiger partial charge in [0, 0.05) is 51.1 Å². The molecule has 3 rings (SSSR count). The molecule has 0 saturated carbocycles. The fourth-order valence-corrected chi connectivity index (χ4v) is 3.25. The summed E-state index contributed by atoms with van der Waals surface area (Å²) in [7, 11) is 1.73. The Bertz CT molecular complexity index is 829. The molecule has 0 radical (unpaired) electrons. The normalized spacial score (nSPS) is 15.4. The van der Waals surface area contributed by atoms with Crippen molar-refractivity contribution in [3.05, 3.63) is 63.8 Å². The van der Waals surface area contributed by atoms with Gasteiger partial charge in [0.25, 0.3) is 5.69 Å². The van der Waals surface area contributed by atoms with Crippen molar-refractivity contribution >= 4 is 17.5 Å². The van der Waals surface area contributed by atoms with Gasteiger partial charge in [0.15, 0.2) is 5.96 Å². The number of non-ortho nitro benzene ring substituents is 1. The summed E-state index contributed by atoms with van der Waals surface area (Å²) in [4.78, 5) is 21.6. The minimum absolute atomic E-state index is 0.0966. The maximum absolute atomic E-state index is 10.9. The van der Waals surface area contributed by atoms with Crippen molar-refractivity contribution in [2.24, 2.45) is 4.99 Å². The first-order chi connectivity index (χ1) is 13.5. The Morgan fingerprint density at radius 1 is 1.32 bits per heavy atom. The number of rotatable bonds is 5. The Morgan fingerprint density at radius 3 is 2.75 bits per heavy atom. The predicted molar refractivity (Wildman–Crippen MR) is 111 cm³/mol. The summed E-state index contributed by atoms with van der Waals surface area (Å²) in [5, 5.41) is 17.6. The quantitative estimate of drug-likeness (QED) is 0.357. The van der Waals surface area contributed by atoms with E-state index in [-0.39, 0.29) is 10.6 Å². The highest BCUT2D eigenvalue weighted by Crippen LogP contribution is 2.18. The average Bonchev–Trinajstić information content (AvgIpc) is 2.72. The molecular weight excluding hydrogens is 356 g/mol. The molecule has 2 aromatic rings. The molecule has 2 N–H and O–H groups in total. The fourth-order valence-electron chi connectivity index (χ4n) is 3.25. The maximum atomic E-state index is 10.9. The first-order valence-corrected chi connectivity index (χ1v) is 9.43. The first-order valence-electron chi connectivity index (χ1n) is 9.43. The summed E-state index contributed by atoms with van der Waals surface area (Å²) in [6.45, 7) is 4.40. The van der Waals surface area contributed by atoms with E-state index in [1.54, 1.807) is 19.2 Å².